The van der Waals surface area contributed by atoms with Gasteiger partial charge in [0.25, 0.3) is 0 Å². The first kappa shape index (κ1) is 12.4. The predicted octanol–water partition coefficient (Wildman–Crippen LogP) is 1.58. The van der Waals surface area contributed by atoms with E-state index in [1.54, 1.807) is 12.0 Å². The Kier molecular flexibility index (Phi) is 3.38. The lowest BCUT2D eigenvalue weighted by molar-refractivity contribution is 0.106. The van der Waals surface area contributed by atoms with E-state index >= 15 is 0 Å². The second-order valence-electron chi connectivity index (χ2n) is 5.08. The van der Waals surface area contributed by atoms with Gasteiger partial charge in [0.05, 0.1) is 6.61 Å². The van der Waals surface area contributed by atoms with Gasteiger partial charge in [-0.25, -0.2) is 4.79 Å². The van der Waals surface area contributed by atoms with E-state index in [0.717, 1.165) is 12.8 Å². The minimum absolute atomic E-state index is 0.151. The maximum Gasteiger partial charge on any atom is 0.323 e. The summed E-state index contributed by atoms with van der Waals surface area (Å²) in [5, 5.41) is 10.7. The van der Waals surface area contributed by atoms with E-state index in [1.807, 2.05) is 6.92 Å². The third-order valence-corrected chi connectivity index (χ3v) is 4.21. The monoisotopic (exact) mass is 239 g/mol. The maximum absolute atomic E-state index is 11.9. The summed E-state index contributed by atoms with van der Waals surface area (Å²) < 4.78 is 5.05. The maximum atomic E-state index is 11.9. The van der Waals surface area contributed by atoms with Gasteiger partial charge in [-0.15, -0.1) is 0 Å². The number of urea groups is 1. The molecular weight excluding hydrogens is 218 g/mol. The number of ether oxygens (including phenoxy) is 1. The molecule has 2 rings (SSSR count). The Hall–Kier alpha value is -1.10. The van der Waals surface area contributed by atoms with Crippen LogP contribution < -0.4 is 5.32 Å². The van der Waals surface area contributed by atoms with E-state index in [4.69, 9.17) is 10.1 Å². The highest BCUT2D eigenvalue weighted by molar-refractivity contribution is 6.08. The minimum Gasteiger partial charge on any atom is -0.383 e. The van der Waals surface area contributed by atoms with Crippen LogP contribution in [0.15, 0.2) is 0 Å². The lowest BCUT2D eigenvalue weighted by Gasteiger charge is -2.38. The topological polar surface area (TPSA) is 65.4 Å². The zero-order chi connectivity index (χ0) is 12.5. The Morgan fingerprint density at radius 3 is 2.76 bits per heavy atom. The molecule has 1 unspecified atom stereocenters. The van der Waals surface area contributed by atoms with Crippen LogP contribution in [0.5, 0.6) is 0 Å². The van der Waals surface area contributed by atoms with Crippen molar-refractivity contribution < 1.29 is 9.53 Å². The number of carbonyl (C=O) groups is 1. The van der Waals surface area contributed by atoms with Gasteiger partial charge in [0.1, 0.15) is 11.4 Å². The van der Waals surface area contributed by atoms with Crippen molar-refractivity contribution >= 4 is 11.9 Å². The largest absolute Gasteiger partial charge is 0.383 e. The van der Waals surface area contributed by atoms with Crippen LogP contribution >= 0.6 is 0 Å². The van der Waals surface area contributed by atoms with Crippen molar-refractivity contribution in [3.8, 4) is 0 Å². The van der Waals surface area contributed by atoms with Gasteiger partial charge in [-0.05, 0) is 25.7 Å². The molecule has 0 aromatic rings. The summed E-state index contributed by atoms with van der Waals surface area (Å²) in [5.74, 6) is 0.760. The van der Waals surface area contributed by atoms with Gasteiger partial charge in [-0.2, -0.15) is 0 Å². The van der Waals surface area contributed by atoms with E-state index in [-0.39, 0.29) is 6.03 Å². The molecule has 1 heterocycles. The highest BCUT2D eigenvalue weighted by Crippen LogP contribution is 2.40. The Bertz CT molecular complexity index is 326. The molecule has 1 saturated carbocycles. The molecule has 17 heavy (non-hydrogen) atoms. The number of carbonyl (C=O) groups excluding carboxylic acids is 1. The van der Waals surface area contributed by atoms with Gasteiger partial charge >= 0.3 is 6.03 Å². The second-order valence-corrected chi connectivity index (χ2v) is 5.08. The van der Waals surface area contributed by atoms with Crippen LogP contribution in [-0.4, -0.2) is 42.6 Å². The average molecular weight is 239 g/mol. The van der Waals surface area contributed by atoms with Crippen molar-refractivity contribution in [2.24, 2.45) is 5.92 Å². The number of rotatable bonds is 4. The molecule has 1 saturated heterocycles. The summed E-state index contributed by atoms with van der Waals surface area (Å²) in [6.45, 7) is 3.08. The van der Waals surface area contributed by atoms with Crippen LogP contribution in [0.1, 0.15) is 32.6 Å². The molecule has 1 aliphatic carbocycles. The molecule has 1 aliphatic heterocycles. The summed E-state index contributed by atoms with van der Waals surface area (Å²) in [4.78, 5) is 13.7. The fraction of sp³-hybridized carbons (Fsp3) is 0.833. The molecule has 0 aromatic carbocycles. The fourth-order valence-electron chi connectivity index (χ4n) is 3.08. The molecule has 0 spiro atoms. The molecule has 96 valence electrons. The van der Waals surface area contributed by atoms with Gasteiger partial charge < -0.3 is 9.64 Å². The summed E-state index contributed by atoms with van der Waals surface area (Å²) in [6, 6.07) is -0.151. The van der Waals surface area contributed by atoms with Crippen LogP contribution in [0.2, 0.25) is 0 Å². The van der Waals surface area contributed by atoms with Crippen molar-refractivity contribution in [3.63, 3.8) is 0 Å². The Balaban J connectivity index is 2.20. The van der Waals surface area contributed by atoms with Crippen LogP contribution in [0, 0.1) is 11.3 Å². The molecule has 0 bridgehead atoms. The number of nitrogens with zero attached hydrogens (tertiary/aromatic N) is 1. The van der Waals surface area contributed by atoms with Crippen molar-refractivity contribution in [2.75, 3.05) is 20.3 Å². The number of nitrogens with one attached hydrogen (secondary N) is 2. The van der Waals surface area contributed by atoms with Crippen molar-refractivity contribution in [2.45, 2.75) is 38.1 Å². The van der Waals surface area contributed by atoms with Gasteiger partial charge in [-0.3, -0.25) is 10.7 Å². The van der Waals surface area contributed by atoms with Crippen molar-refractivity contribution in [1.29, 1.82) is 5.41 Å². The van der Waals surface area contributed by atoms with E-state index in [2.05, 4.69) is 5.32 Å². The highest BCUT2D eigenvalue weighted by Gasteiger charge is 2.51. The summed E-state index contributed by atoms with van der Waals surface area (Å²) in [7, 11) is 1.63. The zero-order valence-electron chi connectivity index (χ0n) is 10.6. The molecular formula is C12H21N3O2. The third-order valence-electron chi connectivity index (χ3n) is 4.21. The van der Waals surface area contributed by atoms with Crippen LogP contribution in [0.25, 0.3) is 0 Å². The van der Waals surface area contributed by atoms with E-state index in [1.165, 1.54) is 12.8 Å². The number of amidine groups is 1. The lowest BCUT2D eigenvalue weighted by Crippen LogP contribution is -2.52. The molecule has 2 fully saturated rings. The smallest absolute Gasteiger partial charge is 0.323 e. The number of methoxy groups -OCH3 is 1. The molecule has 5 heteroatoms. The average Bonchev–Trinajstić information content (AvgIpc) is 2.88. The first-order valence-electron chi connectivity index (χ1n) is 6.27. The van der Waals surface area contributed by atoms with E-state index in [9.17, 15) is 4.79 Å². The van der Waals surface area contributed by atoms with Crippen LogP contribution in [0.3, 0.4) is 0 Å². The van der Waals surface area contributed by atoms with Crippen molar-refractivity contribution in [3.05, 3.63) is 0 Å². The molecule has 5 nitrogen and oxygen atoms in total. The Morgan fingerprint density at radius 1 is 1.53 bits per heavy atom. The Morgan fingerprint density at radius 2 is 2.18 bits per heavy atom. The summed E-state index contributed by atoms with van der Waals surface area (Å²) >= 11 is 0. The first-order valence-corrected chi connectivity index (χ1v) is 6.27. The van der Waals surface area contributed by atoms with Gasteiger partial charge in [-0.1, -0.05) is 12.8 Å². The molecule has 2 aliphatic rings. The standard InChI is InChI=1S/C12H21N3O2/c1-12(9-5-3-4-6-9)10(13)14-11(16)15(12)7-8-17-2/h9H,3-8H2,1-2H3,(H2,13,14,16). The molecule has 1 atom stereocenters. The molecule has 0 radical (unpaired) electrons. The molecule has 2 amide bonds. The first-order chi connectivity index (χ1) is 8.10. The highest BCUT2D eigenvalue weighted by atomic mass is 16.5. The zero-order valence-corrected chi connectivity index (χ0v) is 10.6. The fourth-order valence-corrected chi connectivity index (χ4v) is 3.08. The summed E-state index contributed by atoms with van der Waals surface area (Å²) in [5.41, 5.74) is -0.452. The van der Waals surface area contributed by atoms with Crippen molar-refractivity contribution in [1.82, 2.24) is 10.2 Å². The number of amides is 2. The summed E-state index contributed by atoms with van der Waals surface area (Å²) in [6.07, 6.45) is 4.63. The number of hydrogen-bond donors (Lipinski definition) is 2. The molecule has 2 N–H and O–H groups in total. The van der Waals surface area contributed by atoms with Gasteiger partial charge in [0.15, 0.2) is 0 Å². The van der Waals surface area contributed by atoms with Gasteiger partial charge in [0.2, 0.25) is 0 Å². The minimum atomic E-state index is -0.452. The van der Waals surface area contributed by atoms with Crippen LogP contribution in [-0.2, 0) is 4.74 Å². The SMILES string of the molecule is COCCN1C(=O)NC(=N)C1(C)C1CCCC1. The number of hydrogen-bond acceptors (Lipinski definition) is 3. The third kappa shape index (κ3) is 1.92. The van der Waals surface area contributed by atoms with Crippen LogP contribution in [0.4, 0.5) is 4.79 Å². The quantitative estimate of drug-likeness (QED) is 0.782. The van der Waals surface area contributed by atoms with E-state index < -0.39 is 5.54 Å². The second kappa shape index (κ2) is 4.64. The Labute approximate surface area is 102 Å². The molecule has 0 aromatic heterocycles. The normalized spacial score (nSPS) is 30.1. The lowest BCUT2D eigenvalue weighted by atomic mass is 9.82. The van der Waals surface area contributed by atoms with E-state index in [0.29, 0.717) is 24.9 Å². The van der Waals surface area contributed by atoms with Gasteiger partial charge in [0, 0.05) is 13.7 Å². The predicted molar refractivity (Wildman–Crippen MR) is 65.2 cm³/mol.